The van der Waals surface area contributed by atoms with E-state index in [1.165, 1.54) is 24.1 Å². The van der Waals surface area contributed by atoms with Crippen molar-refractivity contribution in [2.24, 2.45) is 5.41 Å². The number of benzene rings is 1. The van der Waals surface area contributed by atoms with E-state index in [1.54, 1.807) is 0 Å². The quantitative estimate of drug-likeness (QED) is 0.906. The second-order valence-corrected chi connectivity index (χ2v) is 6.10. The summed E-state index contributed by atoms with van der Waals surface area (Å²) in [6.07, 6.45) is 4.70. The van der Waals surface area contributed by atoms with Crippen LogP contribution in [0.15, 0.2) is 18.2 Å². The van der Waals surface area contributed by atoms with Crippen LogP contribution < -0.4 is 10.1 Å². The molecule has 0 aromatic heterocycles. The fraction of sp³-hybridized carbons (Fsp3) is 0.625. The molecule has 0 spiro atoms. The third-order valence-corrected chi connectivity index (χ3v) is 4.12. The molecule has 2 heterocycles. The van der Waals surface area contributed by atoms with Crippen LogP contribution in [0.3, 0.4) is 0 Å². The second kappa shape index (κ2) is 5.41. The van der Waals surface area contributed by atoms with Crippen molar-refractivity contribution in [3.05, 3.63) is 23.8 Å². The zero-order chi connectivity index (χ0) is 13.1. The van der Waals surface area contributed by atoms with Gasteiger partial charge in [-0.05, 0) is 49.4 Å². The summed E-state index contributed by atoms with van der Waals surface area (Å²) < 4.78 is 11.6. The molecule has 0 radical (unpaired) electrons. The first-order valence-corrected chi connectivity index (χ1v) is 7.33. The Morgan fingerprint density at radius 2 is 2.32 bits per heavy atom. The molecule has 0 amide bonds. The number of hydrogen-bond acceptors (Lipinski definition) is 3. The molecule has 3 rings (SSSR count). The predicted octanol–water partition coefficient (Wildman–Crippen LogP) is 3.24. The maximum Gasteiger partial charge on any atom is 0.119 e. The van der Waals surface area contributed by atoms with Gasteiger partial charge in [0, 0.05) is 24.3 Å². The molecule has 0 saturated carbocycles. The maximum atomic E-state index is 6.01. The van der Waals surface area contributed by atoms with Gasteiger partial charge in [-0.15, -0.1) is 0 Å². The van der Waals surface area contributed by atoms with E-state index in [0.717, 1.165) is 45.0 Å². The SMILES string of the molecule is CC1(COc2ccc3c(c2)CCCN3)CCCOC1. The third kappa shape index (κ3) is 3.03. The predicted molar refractivity (Wildman–Crippen MR) is 76.9 cm³/mol. The number of fused-ring (bicyclic) bond motifs is 1. The van der Waals surface area contributed by atoms with Gasteiger partial charge in [0.15, 0.2) is 0 Å². The Labute approximate surface area is 115 Å². The van der Waals surface area contributed by atoms with Gasteiger partial charge in [0.1, 0.15) is 5.75 Å². The minimum Gasteiger partial charge on any atom is -0.493 e. The molecule has 3 heteroatoms. The lowest BCUT2D eigenvalue weighted by molar-refractivity contribution is -0.0214. The van der Waals surface area contributed by atoms with Crippen molar-refractivity contribution in [2.45, 2.75) is 32.6 Å². The van der Waals surface area contributed by atoms with Crippen molar-refractivity contribution in [1.82, 2.24) is 0 Å². The summed E-state index contributed by atoms with van der Waals surface area (Å²) in [5.41, 5.74) is 2.83. The first kappa shape index (κ1) is 12.8. The number of rotatable bonds is 3. The number of ether oxygens (including phenoxy) is 2. The molecule has 1 saturated heterocycles. The van der Waals surface area contributed by atoms with Gasteiger partial charge >= 0.3 is 0 Å². The van der Waals surface area contributed by atoms with Gasteiger partial charge in [0.05, 0.1) is 13.2 Å². The topological polar surface area (TPSA) is 30.5 Å². The van der Waals surface area contributed by atoms with Crippen LogP contribution in [0.1, 0.15) is 31.7 Å². The molecule has 0 aliphatic carbocycles. The molecule has 104 valence electrons. The largest absolute Gasteiger partial charge is 0.493 e. The molecule has 1 atom stereocenters. The number of hydrogen-bond donors (Lipinski definition) is 1. The molecule has 1 N–H and O–H groups in total. The highest BCUT2D eigenvalue weighted by Gasteiger charge is 2.28. The van der Waals surface area contributed by atoms with E-state index in [1.807, 2.05) is 0 Å². The van der Waals surface area contributed by atoms with Gasteiger partial charge in [-0.1, -0.05) is 6.92 Å². The Morgan fingerprint density at radius 1 is 1.37 bits per heavy atom. The lowest BCUT2D eigenvalue weighted by atomic mass is 9.86. The van der Waals surface area contributed by atoms with Crippen molar-refractivity contribution in [1.29, 1.82) is 0 Å². The molecular formula is C16H23NO2. The smallest absolute Gasteiger partial charge is 0.119 e. The molecule has 2 aliphatic heterocycles. The first-order chi connectivity index (χ1) is 9.25. The van der Waals surface area contributed by atoms with Crippen molar-refractivity contribution < 1.29 is 9.47 Å². The fourth-order valence-corrected chi connectivity index (χ4v) is 2.90. The lowest BCUT2D eigenvalue weighted by Crippen LogP contribution is -2.34. The van der Waals surface area contributed by atoms with E-state index in [9.17, 15) is 0 Å². The molecule has 2 aliphatic rings. The van der Waals surface area contributed by atoms with Crippen LogP contribution in [0.5, 0.6) is 5.75 Å². The molecule has 1 aromatic rings. The number of anilines is 1. The van der Waals surface area contributed by atoms with Crippen molar-refractivity contribution in [3.63, 3.8) is 0 Å². The zero-order valence-electron chi connectivity index (χ0n) is 11.7. The standard InChI is InChI=1S/C16H23NO2/c1-16(7-3-9-18-11-16)12-19-14-5-6-15-13(10-14)4-2-8-17-15/h5-6,10,17H,2-4,7-9,11-12H2,1H3. The van der Waals surface area contributed by atoms with Gasteiger partial charge in [-0.3, -0.25) is 0 Å². The zero-order valence-corrected chi connectivity index (χ0v) is 11.7. The van der Waals surface area contributed by atoms with Crippen molar-refractivity contribution >= 4 is 5.69 Å². The summed E-state index contributed by atoms with van der Waals surface area (Å²) >= 11 is 0. The van der Waals surface area contributed by atoms with Crippen LogP contribution in [0.25, 0.3) is 0 Å². The number of aryl methyl sites for hydroxylation is 1. The summed E-state index contributed by atoms with van der Waals surface area (Å²) in [6.45, 7) is 5.81. The summed E-state index contributed by atoms with van der Waals surface area (Å²) in [5, 5.41) is 3.43. The molecule has 1 unspecified atom stereocenters. The molecule has 0 bridgehead atoms. The van der Waals surface area contributed by atoms with E-state index >= 15 is 0 Å². The van der Waals surface area contributed by atoms with Crippen molar-refractivity contribution in [2.75, 3.05) is 31.7 Å². The Morgan fingerprint density at radius 3 is 3.16 bits per heavy atom. The van der Waals surface area contributed by atoms with Gasteiger partial charge in [-0.25, -0.2) is 0 Å². The Balaban J connectivity index is 1.63. The summed E-state index contributed by atoms with van der Waals surface area (Å²) in [5.74, 6) is 0.995. The van der Waals surface area contributed by atoms with E-state index in [-0.39, 0.29) is 5.41 Å². The van der Waals surface area contributed by atoms with E-state index < -0.39 is 0 Å². The third-order valence-electron chi connectivity index (χ3n) is 4.12. The summed E-state index contributed by atoms with van der Waals surface area (Å²) in [6, 6.07) is 6.41. The maximum absolute atomic E-state index is 6.01. The van der Waals surface area contributed by atoms with Crippen molar-refractivity contribution in [3.8, 4) is 5.75 Å². The lowest BCUT2D eigenvalue weighted by Gasteiger charge is -2.33. The van der Waals surface area contributed by atoms with Gasteiger partial charge in [0.25, 0.3) is 0 Å². The van der Waals surface area contributed by atoms with Gasteiger partial charge < -0.3 is 14.8 Å². The highest BCUT2D eigenvalue weighted by atomic mass is 16.5. The Kier molecular flexibility index (Phi) is 3.65. The molecule has 3 nitrogen and oxygen atoms in total. The molecule has 1 fully saturated rings. The Hall–Kier alpha value is -1.22. The highest BCUT2D eigenvalue weighted by Crippen LogP contribution is 2.31. The monoisotopic (exact) mass is 261 g/mol. The van der Waals surface area contributed by atoms with Crippen LogP contribution in [-0.4, -0.2) is 26.4 Å². The normalized spacial score (nSPS) is 26.4. The van der Waals surface area contributed by atoms with Gasteiger partial charge in [-0.2, -0.15) is 0 Å². The minimum atomic E-state index is 0.173. The molecular weight excluding hydrogens is 238 g/mol. The minimum absolute atomic E-state index is 0.173. The van der Waals surface area contributed by atoms with Gasteiger partial charge in [0.2, 0.25) is 0 Å². The van der Waals surface area contributed by atoms with Crippen LogP contribution in [0.2, 0.25) is 0 Å². The average molecular weight is 261 g/mol. The van der Waals surface area contributed by atoms with E-state index in [4.69, 9.17) is 9.47 Å². The van der Waals surface area contributed by atoms with Crippen LogP contribution >= 0.6 is 0 Å². The average Bonchev–Trinajstić information content (AvgIpc) is 2.46. The van der Waals surface area contributed by atoms with E-state index in [2.05, 4.69) is 30.4 Å². The van der Waals surface area contributed by atoms with Crippen LogP contribution in [0, 0.1) is 5.41 Å². The van der Waals surface area contributed by atoms with E-state index in [0.29, 0.717) is 0 Å². The number of nitrogens with one attached hydrogen (secondary N) is 1. The second-order valence-electron chi connectivity index (χ2n) is 6.10. The first-order valence-electron chi connectivity index (χ1n) is 7.33. The Bertz CT molecular complexity index is 438. The van der Waals surface area contributed by atoms with Crippen LogP contribution in [0.4, 0.5) is 5.69 Å². The fourth-order valence-electron chi connectivity index (χ4n) is 2.90. The molecule has 1 aromatic carbocycles. The summed E-state index contributed by atoms with van der Waals surface area (Å²) in [7, 11) is 0. The summed E-state index contributed by atoms with van der Waals surface area (Å²) in [4.78, 5) is 0. The molecule has 19 heavy (non-hydrogen) atoms. The highest BCUT2D eigenvalue weighted by molar-refractivity contribution is 5.55. The van der Waals surface area contributed by atoms with Crippen LogP contribution in [-0.2, 0) is 11.2 Å².